The van der Waals surface area contributed by atoms with E-state index in [0.717, 1.165) is 38.4 Å². The molecule has 5 aromatic rings. The second kappa shape index (κ2) is 7.45. The molecule has 0 aliphatic carbocycles. The number of rotatable bonds is 5. The minimum Gasteiger partial charge on any atom is -0.396 e. The summed E-state index contributed by atoms with van der Waals surface area (Å²) in [6, 6.07) is 7.84. The molecule has 0 unspecified atom stereocenters. The Morgan fingerprint density at radius 3 is 2.76 bits per heavy atom. The number of fused-ring (bicyclic) bond motifs is 4. The third kappa shape index (κ3) is 3.47. The number of aryl methyl sites for hydroxylation is 2. The number of nitrogens with zero attached hydrogens (tertiary/aromatic N) is 5. The summed E-state index contributed by atoms with van der Waals surface area (Å²) >= 11 is 0. The number of hydrogen-bond acceptors (Lipinski definition) is 4. The molecule has 4 heterocycles. The first-order valence-electron chi connectivity index (χ1n) is 10.9. The van der Waals surface area contributed by atoms with E-state index in [1.807, 2.05) is 69.4 Å². The molecule has 8 nitrogen and oxygen atoms in total. The summed E-state index contributed by atoms with van der Waals surface area (Å²) in [4.78, 5) is 24.2. The largest absolute Gasteiger partial charge is 0.396 e. The van der Waals surface area contributed by atoms with Gasteiger partial charge in [0.2, 0.25) is 0 Å². The van der Waals surface area contributed by atoms with Gasteiger partial charge in [-0.3, -0.25) is 9.48 Å². The van der Waals surface area contributed by atoms with Gasteiger partial charge < -0.3 is 19.7 Å². The van der Waals surface area contributed by atoms with Crippen LogP contribution in [0.25, 0.3) is 44.1 Å². The van der Waals surface area contributed by atoms with Crippen molar-refractivity contribution in [3.63, 3.8) is 0 Å². The van der Waals surface area contributed by atoms with Crippen LogP contribution in [0.5, 0.6) is 0 Å². The van der Waals surface area contributed by atoms with Gasteiger partial charge in [0.05, 0.1) is 11.2 Å². The van der Waals surface area contributed by atoms with Gasteiger partial charge >= 0.3 is 0 Å². The first-order valence-corrected chi connectivity index (χ1v) is 10.9. The maximum atomic E-state index is 13.1. The van der Waals surface area contributed by atoms with Crippen LogP contribution >= 0.6 is 0 Å². The van der Waals surface area contributed by atoms with E-state index in [1.165, 1.54) is 0 Å². The van der Waals surface area contributed by atoms with Gasteiger partial charge in [-0.25, -0.2) is 9.97 Å². The molecule has 0 bridgehead atoms. The van der Waals surface area contributed by atoms with Crippen molar-refractivity contribution in [3.05, 3.63) is 48.4 Å². The van der Waals surface area contributed by atoms with Crippen molar-refractivity contribution in [1.29, 1.82) is 0 Å². The highest BCUT2D eigenvalue weighted by atomic mass is 16.3. The van der Waals surface area contributed by atoms with Crippen molar-refractivity contribution in [2.45, 2.75) is 13.8 Å². The molecule has 1 aromatic carbocycles. The van der Waals surface area contributed by atoms with Crippen LogP contribution in [-0.4, -0.2) is 60.4 Å². The molecule has 4 aromatic heterocycles. The standard InChI is InChI=1S/C25H28N6O2/c1-25(2,14-32)13-30(4)24(33)15-6-7-21-17(8-15)19(12-29(21)3)20-9-18-22-16(11-27-31(22)5)10-26-23(18)28-20/h6-12,27,32H,13-14H2,1-5H3. The number of aromatic amines is 1. The maximum absolute atomic E-state index is 13.1. The molecule has 0 radical (unpaired) electrons. The van der Waals surface area contributed by atoms with E-state index in [1.54, 1.807) is 11.9 Å². The molecule has 8 heteroatoms. The fourth-order valence-corrected chi connectivity index (χ4v) is 4.59. The lowest BCUT2D eigenvalue weighted by Crippen LogP contribution is -2.37. The van der Waals surface area contributed by atoms with Crippen molar-refractivity contribution in [1.82, 2.24) is 29.2 Å². The minimum atomic E-state index is -0.363. The van der Waals surface area contributed by atoms with Gasteiger partial charge in [0.15, 0.2) is 5.65 Å². The molecule has 0 saturated heterocycles. The maximum Gasteiger partial charge on any atom is 0.253 e. The van der Waals surface area contributed by atoms with E-state index in [9.17, 15) is 9.90 Å². The van der Waals surface area contributed by atoms with E-state index in [-0.39, 0.29) is 17.9 Å². The average Bonchev–Trinajstić information content (AvgIpc) is 3.47. The van der Waals surface area contributed by atoms with Gasteiger partial charge in [0, 0.05) is 91.1 Å². The summed E-state index contributed by atoms with van der Waals surface area (Å²) < 4.78 is 4.02. The molecule has 170 valence electrons. The molecule has 5 rings (SSSR count). The van der Waals surface area contributed by atoms with Crippen LogP contribution in [0.4, 0.5) is 0 Å². The monoisotopic (exact) mass is 444 g/mol. The van der Waals surface area contributed by atoms with E-state index in [2.05, 4.69) is 20.7 Å². The highest BCUT2D eigenvalue weighted by Gasteiger charge is 2.23. The normalized spacial score (nSPS) is 12.3. The zero-order valence-electron chi connectivity index (χ0n) is 19.5. The van der Waals surface area contributed by atoms with E-state index < -0.39 is 0 Å². The predicted octanol–water partition coefficient (Wildman–Crippen LogP) is 3.70. The van der Waals surface area contributed by atoms with E-state index >= 15 is 0 Å². The zero-order chi connectivity index (χ0) is 23.5. The topological polar surface area (TPSA) is 92.0 Å². The van der Waals surface area contributed by atoms with Crippen LogP contribution in [0.15, 0.2) is 42.9 Å². The minimum absolute atomic E-state index is 0.0168. The number of nitrogens with one attached hydrogen (secondary N) is 1. The van der Waals surface area contributed by atoms with Gasteiger partial charge in [-0.15, -0.1) is 0 Å². The zero-order valence-corrected chi connectivity index (χ0v) is 19.5. The third-order valence-corrected chi connectivity index (χ3v) is 6.30. The van der Waals surface area contributed by atoms with Crippen LogP contribution in [0.3, 0.4) is 0 Å². The molecule has 0 fully saturated rings. The Bertz CT molecular complexity index is 1520. The summed E-state index contributed by atoms with van der Waals surface area (Å²) in [6.07, 6.45) is 5.81. The van der Waals surface area contributed by atoms with Crippen molar-refractivity contribution in [2.24, 2.45) is 19.5 Å². The summed E-state index contributed by atoms with van der Waals surface area (Å²) in [6.45, 7) is 4.36. The number of H-pyrrole nitrogens is 1. The van der Waals surface area contributed by atoms with Gasteiger partial charge in [0.25, 0.3) is 5.91 Å². The molecule has 1 amide bonds. The summed E-state index contributed by atoms with van der Waals surface area (Å²) in [5.74, 6) is -0.0726. The number of aromatic nitrogens is 5. The van der Waals surface area contributed by atoms with Crippen molar-refractivity contribution < 1.29 is 9.90 Å². The number of amides is 1. The molecular formula is C25H28N6O2. The number of aliphatic hydroxyl groups excluding tert-OH is 1. The van der Waals surface area contributed by atoms with Crippen LogP contribution < -0.4 is 0 Å². The molecule has 0 spiro atoms. The van der Waals surface area contributed by atoms with Crippen molar-refractivity contribution >= 4 is 38.7 Å². The Hall–Kier alpha value is -3.65. The highest BCUT2D eigenvalue weighted by molar-refractivity contribution is 6.07. The Morgan fingerprint density at radius 2 is 2.00 bits per heavy atom. The Balaban J connectivity index is 1.60. The van der Waals surface area contributed by atoms with Gasteiger partial charge in [-0.1, -0.05) is 13.8 Å². The number of aliphatic hydroxyl groups is 1. The number of benzene rings is 1. The second-order valence-corrected chi connectivity index (χ2v) is 9.64. The Morgan fingerprint density at radius 1 is 1.21 bits per heavy atom. The number of hydrogen-bond donors (Lipinski definition) is 2. The van der Waals surface area contributed by atoms with Crippen molar-refractivity contribution in [3.8, 4) is 11.3 Å². The smallest absolute Gasteiger partial charge is 0.253 e. The molecular weight excluding hydrogens is 416 g/mol. The van der Waals surface area contributed by atoms with Gasteiger partial charge in [-0.05, 0) is 24.3 Å². The van der Waals surface area contributed by atoms with E-state index in [4.69, 9.17) is 4.98 Å². The average molecular weight is 445 g/mol. The van der Waals surface area contributed by atoms with Crippen LogP contribution in [0, 0.1) is 5.41 Å². The number of carbonyl (C=O) groups excluding carboxylic acids is 1. The second-order valence-electron chi connectivity index (χ2n) is 9.64. The third-order valence-electron chi connectivity index (χ3n) is 6.30. The van der Waals surface area contributed by atoms with Crippen LogP contribution in [0.2, 0.25) is 0 Å². The van der Waals surface area contributed by atoms with Crippen LogP contribution in [0.1, 0.15) is 24.2 Å². The number of pyridine rings is 1. The highest BCUT2D eigenvalue weighted by Crippen LogP contribution is 2.34. The first-order chi connectivity index (χ1) is 15.7. The quantitative estimate of drug-likeness (QED) is 0.432. The molecule has 33 heavy (non-hydrogen) atoms. The lowest BCUT2D eigenvalue weighted by molar-refractivity contribution is 0.0663. The lowest BCUT2D eigenvalue weighted by atomic mass is 9.94. The summed E-state index contributed by atoms with van der Waals surface area (Å²) in [5, 5.41) is 15.8. The molecule has 0 aliphatic rings. The molecule has 0 atom stereocenters. The van der Waals surface area contributed by atoms with Crippen LogP contribution in [-0.2, 0) is 14.1 Å². The number of carbonyl (C=O) groups is 1. The predicted molar refractivity (Wildman–Crippen MR) is 130 cm³/mol. The fraction of sp³-hybridized carbons (Fsp3) is 0.320. The van der Waals surface area contributed by atoms with Crippen molar-refractivity contribution in [2.75, 3.05) is 20.2 Å². The lowest BCUT2D eigenvalue weighted by Gasteiger charge is -2.28. The Labute approximate surface area is 191 Å². The summed E-state index contributed by atoms with van der Waals surface area (Å²) in [7, 11) is 5.74. The van der Waals surface area contributed by atoms with Gasteiger partial charge in [0.1, 0.15) is 0 Å². The molecule has 0 saturated carbocycles. The SMILES string of the molecule is CN(CC(C)(C)CO)C(=O)c1ccc2c(c1)c(-c1cc3c(ncc4c[nH]n(C)c43)n1)cn2C. The summed E-state index contributed by atoms with van der Waals surface area (Å²) in [5.41, 5.74) is 4.82. The van der Waals surface area contributed by atoms with E-state index in [0.29, 0.717) is 17.8 Å². The first kappa shape index (κ1) is 21.2. The van der Waals surface area contributed by atoms with Gasteiger partial charge in [-0.2, -0.15) is 0 Å². The molecule has 2 N–H and O–H groups in total. The fourth-order valence-electron chi connectivity index (χ4n) is 4.59. The Kier molecular flexibility index (Phi) is 4.79. The molecule has 0 aliphatic heterocycles.